The van der Waals surface area contributed by atoms with Gasteiger partial charge in [0.25, 0.3) is 5.91 Å². The highest BCUT2D eigenvalue weighted by molar-refractivity contribution is 5.94. The minimum absolute atomic E-state index is 0.0135. The van der Waals surface area contributed by atoms with Gasteiger partial charge in [-0.15, -0.1) is 0 Å². The minimum Gasteiger partial charge on any atom is -0.348 e. The zero-order valence-corrected chi connectivity index (χ0v) is 14.3. The van der Waals surface area contributed by atoms with Crippen molar-refractivity contribution in [2.45, 2.75) is 52.0 Å². The fourth-order valence-electron chi connectivity index (χ4n) is 3.12. The Balaban J connectivity index is 1.63. The fourth-order valence-corrected chi connectivity index (χ4v) is 3.12. The first-order chi connectivity index (χ1) is 10.9. The molecule has 1 aliphatic rings. The largest absolute Gasteiger partial charge is 0.348 e. The summed E-state index contributed by atoms with van der Waals surface area (Å²) >= 11 is 0. The van der Waals surface area contributed by atoms with E-state index in [1.54, 1.807) is 0 Å². The number of hydrogen-bond acceptors (Lipinski definition) is 1. The maximum Gasteiger partial charge on any atom is 0.251 e. The molecule has 2 heteroatoms. The summed E-state index contributed by atoms with van der Waals surface area (Å²) in [6.45, 7) is 7.19. The van der Waals surface area contributed by atoms with E-state index in [1.165, 1.54) is 23.1 Å². The van der Waals surface area contributed by atoms with Crippen LogP contribution in [0.25, 0.3) is 0 Å². The molecule has 2 nitrogen and oxygen atoms in total. The molecule has 0 saturated carbocycles. The molecule has 3 rings (SSSR count). The van der Waals surface area contributed by atoms with Gasteiger partial charge in [0, 0.05) is 12.1 Å². The van der Waals surface area contributed by atoms with Crippen molar-refractivity contribution in [3.8, 4) is 0 Å². The van der Waals surface area contributed by atoms with E-state index in [0.717, 1.165) is 24.0 Å². The Bertz CT molecular complexity index is 708. The van der Waals surface area contributed by atoms with E-state index in [0.29, 0.717) is 6.54 Å². The molecule has 2 aromatic carbocycles. The van der Waals surface area contributed by atoms with Gasteiger partial charge in [0.2, 0.25) is 0 Å². The van der Waals surface area contributed by atoms with Crippen LogP contribution in [0.3, 0.4) is 0 Å². The summed E-state index contributed by atoms with van der Waals surface area (Å²) in [6, 6.07) is 14.6. The average Bonchev–Trinajstić information content (AvgIpc) is 2.99. The summed E-state index contributed by atoms with van der Waals surface area (Å²) in [6.07, 6.45) is 3.46. The fraction of sp³-hybridized carbons (Fsp3) is 0.381. The molecule has 0 radical (unpaired) electrons. The van der Waals surface area contributed by atoms with Gasteiger partial charge in [-0.3, -0.25) is 4.79 Å². The van der Waals surface area contributed by atoms with E-state index in [2.05, 4.69) is 62.5 Å². The highest BCUT2D eigenvalue weighted by Crippen LogP contribution is 2.23. The Morgan fingerprint density at radius 3 is 2.39 bits per heavy atom. The van der Waals surface area contributed by atoms with E-state index >= 15 is 0 Å². The van der Waals surface area contributed by atoms with Crippen molar-refractivity contribution in [3.63, 3.8) is 0 Å². The lowest BCUT2D eigenvalue weighted by atomic mass is 9.87. The summed E-state index contributed by atoms with van der Waals surface area (Å²) in [4.78, 5) is 12.3. The van der Waals surface area contributed by atoms with Crippen LogP contribution in [0.2, 0.25) is 0 Å². The van der Waals surface area contributed by atoms with Crippen LogP contribution in [0.4, 0.5) is 0 Å². The van der Waals surface area contributed by atoms with Gasteiger partial charge in [-0.05, 0) is 59.1 Å². The quantitative estimate of drug-likeness (QED) is 0.894. The highest BCUT2D eigenvalue weighted by atomic mass is 16.1. The summed E-state index contributed by atoms with van der Waals surface area (Å²) in [5.74, 6) is 0.0135. The number of benzene rings is 2. The van der Waals surface area contributed by atoms with Crippen molar-refractivity contribution in [2.75, 3.05) is 0 Å². The highest BCUT2D eigenvalue weighted by Gasteiger charge is 2.15. The first-order valence-electron chi connectivity index (χ1n) is 8.43. The van der Waals surface area contributed by atoms with Crippen LogP contribution in [0, 0.1) is 0 Å². The predicted octanol–water partition coefficient (Wildman–Crippen LogP) is 4.40. The molecule has 120 valence electrons. The SMILES string of the molecule is CC(C)(C)c1ccc(CNC(=O)c2ccc3c(c2)CCC3)cc1. The number of amides is 1. The Labute approximate surface area is 138 Å². The van der Waals surface area contributed by atoms with E-state index in [9.17, 15) is 4.79 Å². The Morgan fingerprint density at radius 1 is 1.00 bits per heavy atom. The number of aryl methyl sites for hydroxylation is 2. The standard InChI is InChI=1S/C21H25NO/c1-21(2,3)19-11-7-15(8-12-19)14-22-20(23)18-10-9-16-5-4-6-17(16)13-18/h7-13H,4-6,14H2,1-3H3,(H,22,23). The third kappa shape index (κ3) is 3.64. The van der Waals surface area contributed by atoms with Gasteiger partial charge < -0.3 is 5.32 Å². The number of carbonyl (C=O) groups is 1. The molecule has 0 heterocycles. The van der Waals surface area contributed by atoms with Crippen molar-refractivity contribution in [2.24, 2.45) is 0 Å². The number of rotatable bonds is 3. The molecule has 1 aliphatic carbocycles. The second-order valence-corrected chi connectivity index (χ2v) is 7.47. The van der Waals surface area contributed by atoms with Gasteiger partial charge in [-0.25, -0.2) is 0 Å². The lowest BCUT2D eigenvalue weighted by Crippen LogP contribution is -2.23. The van der Waals surface area contributed by atoms with Crippen LogP contribution in [0.5, 0.6) is 0 Å². The van der Waals surface area contributed by atoms with Gasteiger partial charge in [-0.2, -0.15) is 0 Å². The first kappa shape index (κ1) is 15.8. The van der Waals surface area contributed by atoms with Crippen molar-refractivity contribution in [3.05, 3.63) is 70.3 Å². The Morgan fingerprint density at radius 2 is 1.70 bits per heavy atom. The molecule has 0 fully saturated rings. The molecule has 0 unspecified atom stereocenters. The van der Waals surface area contributed by atoms with Crippen molar-refractivity contribution >= 4 is 5.91 Å². The summed E-state index contributed by atoms with van der Waals surface area (Å²) in [5.41, 5.74) is 6.12. The third-order valence-electron chi connectivity index (χ3n) is 4.63. The lowest BCUT2D eigenvalue weighted by Gasteiger charge is -2.19. The van der Waals surface area contributed by atoms with E-state index in [4.69, 9.17) is 0 Å². The smallest absolute Gasteiger partial charge is 0.251 e. The number of carbonyl (C=O) groups excluding carboxylic acids is 1. The molecule has 0 atom stereocenters. The van der Waals surface area contributed by atoms with Gasteiger partial charge >= 0.3 is 0 Å². The molecular formula is C21H25NO. The zero-order chi connectivity index (χ0) is 16.4. The lowest BCUT2D eigenvalue weighted by molar-refractivity contribution is 0.0951. The molecule has 0 spiro atoms. The molecule has 0 bridgehead atoms. The zero-order valence-electron chi connectivity index (χ0n) is 14.3. The van der Waals surface area contributed by atoms with Crippen LogP contribution in [-0.2, 0) is 24.8 Å². The Hall–Kier alpha value is -2.09. The normalized spacial score (nSPS) is 13.7. The van der Waals surface area contributed by atoms with Gasteiger partial charge in [0.15, 0.2) is 0 Å². The van der Waals surface area contributed by atoms with Crippen molar-refractivity contribution in [1.82, 2.24) is 5.32 Å². The van der Waals surface area contributed by atoms with Crippen LogP contribution in [-0.4, -0.2) is 5.91 Å². The summed E-state index contributed by atoms with van der Waals surface area (Å²) in [5, 5.41) is 3.03. The van der Waals surface area contributed by atoms with Crippen molar-refractivity contribution in [1.29, 1.82) is 0 Å². The molecule has 0 aromatic heterocycles. The molecular weight excluding hydrogens is 282 g/mol. The molecule has 0 aliphatic heterocycles. The minimum atomic E-state index is 0.0135. The number of nitrogens with one attached hydrogen (secondary N) is 1. The maximum absolute atomic E-state index is 12.3. The van der Waals surface area contributed by atoms with E-state index < -0.39 is 0 Å². The summed E-state index contributed by atoms with van der Waals surface area (Å²) in [7, 11) is 0. The molecule has 1 N–H and O–H groups in total. The Kier molecular flexibility index (Phi) is 4.25. The second-order valence-electron chi connectivity index (χ2n) is 7.47. The van der Waals surface area contributed by atoms with Crippen LogP contribution in [0.1, 0.15) is 59.8 Å². The van der Waals surface area contributed by atoms with Crippen LogP contribution < -0.4 is 5.32 Å². The van der Waals surface area contributed by atoms with Crippen LogP contribution >= 0.6 is 0 Å². The summed E-state index contributed by atoms with van der Waals surface area (Å²) < 4.78 is 0. The molecule has 0 saturated heterocycles. The number of hydrogen-bond donors (Lipinski definition) is 1. The third-order valence-corrected chi connectivity index (χ3v) is 4.63. The van der Waals surface area contributed by atoms with Gasteiger partial charge in [0.05, 0.1) is 0 Å². The van der Waals surface area contributed by atoms with Gasteiger partial charge in [0.1, 0.15) is 0 Å². The molecule has 1 amide bonds. The van der Waals surface area contributed by atoms with Crippen LogP contribution in [0.15, 0.2) is 42.5 Å². The average molecular weight is 307 g/mol. The van der Waals surface area contributed by atoms with Gasteiger partial charge in [-0.1, -0.05) is 51.1 Å². The topological polar surface area (TPSA) is 29.1 Å². The second kappa shape index (κ2) is 6.19. The van der Waals surface area contributed by atoms with Crippen molar-refractivity contribution < 1.29 is 4.79 Å². The maximum atomic E-state index is 12.3. The number of fused-ring (bicyclic) bond motifs is 1. The van der Waals surface area contributed by atoms with E-state index in [1.807, 2.05) is 6.07 Å². The molecule has 23 heavy (non-hydrogen) atoms. The monoisotopic (exact) mass is 307 g/mol. The first-order valence-corrected chi connectivity index (χ1v) is 8.43. The van der Waals surface area contributed by atoms with E-state index in [-0.39, 0.29) is 11.3 Å². The predicted molar refractivity (Wildman–Crippen MR) is 94.8 cm³/mol. The molecule has 2 aromatic rings.